The zero-order valence-corrected chi connectivity index (χ0v) is 7.97. The summed E-state index contributed by atoms with van der Waals surface area (Å²) in [4.78, 5) is 3.47. The lowest BCUT2D eigenvalue weighted by atomic mass is 10.00. The lowest BCUT2D eigenvalue weighted by Crippen LogP contribution is -2.28. The molecular weight excluding hydrogens is 209 g/mol. The second-order valence-corrected chi connectivity index (χ2v) is 3.61. The lowest BCUT2D eigenvalue weighted by Gasteiger charge is -2.19. The highest BCUT2D eigenvalue weighted by Crippen LogP contribution is 2.31. The summed E-state index contributed by atoms with van der Waals surface area (Å²) in [5, 5.41) is 3.10. The number of halogens is 3. The van der Waals surface area contributed by atoms with Gasteiger partial charge in [0.15, 0.2) is 11.6 Å². The van der Waals surface area contributed by atoms with Crippen molar-refractivity contribution in [2.24, 2.45) is 0 Å². The van der Waals surface area contributed by atoms with Crippen molar-refractivity contribution in [2.75, 3.05) is 13.1 Å². The van der Waals surface area contributed by atoms with Gasteiger partial charge in [-0.25, -0.2) is 4.98 Å². The van der Waals surface area contributed by atoms with Gasteiger partial charge < -0.3 is 9.73 Å². The van der Waals surface area contributed by atoms with Crippen LogP contribution in [0.15, 0.2) is 10.7 Å². The Kier molecular flexibility index (Phi) is 2.68. The van der Waals surface area contributed by atoms with E-state index in [1.54, 1.807) is 0 Å². The average Bonchev–Trinajstić information content (AvgIpc) is 2.67. The van der Waals surface area contributed by atoms with E-state index in [0.717, 1.165) is 19.4 Å². The Morgan fingerprint density at radius 3 is 2.80 bits per heavy atom. The van der Waals surface area contributed by atoms with Crippen LogP contribution in [-0.2, 0) is 6.18 Å². The number of rotatable bonds is 1. The van der Waals surface area contributed by atoms with Crippen molar-refractivity contribution in [3.63, 3.8) is 0 Å². The minimum Gasteiger partial charge on any atom is -0.448 e. The summed E-state index contributed by atoms with van der Waals surface area (Å²) in [6.45, 7) is 1.54. The maximum Gasteiger partial charge on any atom is 0.436 e. The standard InChI is InChI=1S/C9H11F3N2O/c10-9(11,12)7-5-15-8(14-7)6-2-1-3-13-4-6/h5-6,13H,1-4H2. The fraction of sp³-hybridized carbons (Fsp3) is 0.667. The summed E-state index contributed by atoms with van der Waals surface area (Å²) in [6, 6.07) is 0. The summed E-state index contributed by atoms with van der Waals surface area (Å²) >= 11 is 0. The average molecular weight is 220 g/mol. The fourth-order valence-electron chi connectivity index (χ4n) is 1.67. The topological polar surface area (TPSA) is 38.1 Å². The molecule has 1 atom stereocenters. The first-order valence-electron chi connectivity index (χ1n) is 4.80. The summed E-state index contributed by atoms with van der Waals surface area (Å²) < 4.78 is 41.6. The van der Waals surface area contributed by atoms with Gasteiger partial charge in [0.2, 0.25) is 0 Å². The highest BCUT2D eigenvalue weighted by Gasteiger charge is 2.35. The van der Waals surface area contributed by atoms with Crippen LogP contribution < -0.4 is 5.32 Å². The molecule has 1 N–H and O–H groups in total. The molecule has 0 spiro atoms. The molecule has 1 saturated heterocycles. The minimum atomic E-state index is -4.41. The molecule has 0 amide bonds. The largest absolute Gasteiger partial charge is 0.448 e. The van der Waals surface area contributed by atoms with Gasteiger partial charge >= 0.3 is 6.18 Å². The van der Waals surface area contributed by atoms with E-state index in [1.165, 1.54) is 0 Å². The molecule has 1 fully saturated rings. The van der Waals surface area contributed by atoms with Gasteiger partial charge in [0.1, 0.15) is 6.26 Å². The number of aromatic nitrogens is 1. The number of hydrogen-bond acceptors (Lipinski definition) is 3. The molecule has 3 nitrogen and oxygen atoms in total. The fourth-order valence-corrected chi connectivity index (χ4v) is 1.67. The van der Waals surface area contributed by atoms with Gasteiger partial charge in [-0.2, -0.15) is 13.2 Å². The van der Waals surface area contributed by atoms with Crippen LogP contribution >= 0.6 is 0 Å². The van der Waals surface area contributed by atoms with E-state index in [0.29, 0.717) is 12.8 Å². The highest BCUT2D eigenvalue weighted by molar-refractivity contribution is 5.05. The predicted molar refractivity (Wildman–Crippen MR) is 46.3 cm³/mol. The molecule has 1 aromatic heterocycles. The van der Waals surface area contributed by atoms with Crippen molar-refractivity contribution in [3.8, 4) is 0 Å². The Balaban J connectivity index is 2.12. The van der Waals surface area contributed by atoms with Crippen LogP contribution in [0, 0.1) is 0 Å². The van der Waals surface area contributed by atoms with Crippen LogP contribution in [0.4, 0.5) is 13.2 Å². The van der Waals surface area contributed by atoms with Gasteiger partial charge in [-0.3, -0.25) is 0 Å². The zero-order chi connectivity index (χ0) is 10.9. The smallest absolute Gasteiger partial charge is 0.436 e. The molecule has 0 radical (unpaired) electrons. The van der Waals surface area contributed by atoms with Gasteiger partial charge in [-0.15, -0.1) is 0 Å². The van der Waals surface area contributed by atoms with Crippen LogP contribution in [-0.4, -0.2) is 18.1 Å². The number of oxazole rings is 1. The second-order valence-electron chi connectivity index (χ2n) is 3.61. The quantitative estimate of drug-likeness (QED) is 0.788. The Morgan fingerprint density at radius 1 is 1.47 bits per heavy atom. The van der Waals surface area contributed by atoms with E-state index >= 15 is 0 Å². The molecule has 2 heterocycles. The number of nitrogens with zero attached hydrogens (tertiary/aromatic N) is 1. The normalized spacial score (nSPS) is 23.0. The number of hydrogen-bond donors (Lipinski definition) is 1. The number of piperidine rings is 1. The van der Waals surface area contributed by atoms with Crippen LogP contribution in [0.25, 0.3) is 0 Å². The maximum absolute atomic E-state index is 12.2. The molecule has 15 heavy (non-hydrogen) atoms. The summed E-state index contributed by atoms with van der Waals surface area (Å²) in [6.07, 6.45) is -1.97. The highest BCUT2D eigenvalue weighted by atomic mass is 19.4. The van der Waals surface area contributed by atoms with Crippen LogP contribution in [0.2, 0.25) is 0 Å². The Morgan fingerprint density at radius 2 is 2.27 bits per heavy atom. The summed E-state index contributed by atoms with van der Waals surface area (Å²) in [7, 11) is 0. The van der Waals surface area contributed by atoms with Crippen LogP contribution in [0.1, 0.15) is 30.3 Å². The van der Waals surface area contributed by atoms with Crippen molar-refractivity contribution < 1.29 is 17.6 Å². The third kappa shape index (κ3) is 2.31. The van der Waals surface area contributed by atoms with E-state index in [9.17, 15) is 13.2 Å². The minimum absolute atomic E-state index is 0.0325. The van der Waals surface area contributed by atoms with Gasteiger partial charge in [0.25, 0.3) is 0 Å². The lowest BCUT2D eigenvalue weighted by molar-refractivity contribution is -0.141. The molecule has 0 aliphatic carbocycles. The van der Waals surface area contributed by atoms with Gasteiger partial charge in [0, 0.05) is 12.5 Å². The molecule has 1 aliphatic heterocycles. The Hall–Kier alpha value is -1.04. The third-order valence-corrected chi connectivity index (χ3v) is 2.46. The Bertz CT molecular complexity index is 328. The molecule has 2 rings (SSSR count). The molecule has 0 aromatic carbocycles. The maximum atomic E-state index is 12.2. The SMILES string of the molecule is FC(F)(F)c1coc(C2CCCNC2)n1. The van der Waals surface area contributed by atoms with Crippen molar-refractivity contribution in [3.05, 3.63) is 17.8 Å². The van der Waals surface area contributed by atoms with Crippen LogP contribution in [0.5, 0.6) is 0 Å². The molecule has 0 saturated carbocycles. The van der Waals surface area contributed by atoms with E-state index < -0.39 is 11.9 Å². The first-order chi connectivity index (χ1) is 7.07. The first-order valence-corrected chi connectivity index (χ1v) is 4.80. The molecule has 1 aliphatic rings. The van der Waals surface area contributed by atoms with Crippen molar-refractivity contribution in [1.82, 2.24) is 10.3 Å². The van der Waals surface area contributed by atoms with Gasteiger partial charge in [-0.05, 0) is 19.4 Å². The second kappa shape index (κ2) is 3.84. The van der Waals surface area contributed by atoms with E-state index in [4.69, 9.17) is 4.42 Å². The first kappa shape index (κ1) is 10.5. The van der Waals surface area contributed by atoms with Gasteiger partial charge in [-0.1, -0.05) is 0 Å². The van der Waals surface area contributed by atoms with Crippen LogP contribution in [0.3, 0.4) is 0 Å². The van der Waals surface area contributed by atoms with Crippen molar-refractivity contribution in [1.29, 1.82) is 0 Å². The number of nitrogens with one attached hydrogen (secondary N) is 1. The molecule has 1 unspecified atom stereocenters. The summed E-state index contributed by atoms with van der Waals surface area (Å²) in [5.74, 6) is 0.157. The Labute approximate surface area is 84.7 Å². The third-order valence-electron chi connectivity index (χ3n) is 2.46. The monoisotopic (exact) mass is 220 g/mol. The van der Waals surface area contributed by atoms with Crippen molar-refractivity contribution >= 4 is 0 Å². The van der Waals surface area contributed by atoms with E-state index in [2.05, 4.69) is 10.3 Å². The van der Waals surface area contributed by atoms with Gasteiger partial charge in [0.05, 0.1) is 0 Å². The molecule has 84 valence electrons. The zero-order valence-electron chi connectivity index (χ0n) is 7.97. The number of alkyl halides is 3. The molecule has 0 bridgehead atoms. The van der Waals surface area contributed by atoms with E-state index in [1.807, 2.05) is 0 Å². The molecule has 1 aromatic rings. The molecular formula is C9H11F3N2O. The van der Waals surface area contributed by atoms with Crippen molar-refractivity contribution in [2.45, 2.75) is 24.9 Å². The van der Waals surface area contributed by atoms with E-state index in [-0.39, 0.29) is 11.8 Å². The molecule has 6 heteroatoms. The predicted octanol–water partition coefficient (Wildman–Crippen LogP) is 2.16. The summed E-state index contributed by atoms with van der Waals surface area (Å²) in [5.41, 5.74) is -0.942.